The van der Waals surface area contributed by atoms with Gasteiger partial charge >= 0.3 is 11.9 Å². The molecule has 6 atom stereocenters. The molecular weight excluding hydrogens is 573 g/mol. The van der Waals surface area contributed by atoms with E-state index in [2.05, 4.69) is 30.0 Å². The Kier molecular flexibility index (Phi) is 9.94. The van der Waals surface area contributed by atoms with Crippen LogP contribution >= 0.6 is 23.2 Å². The van der Waals surface area contributed by atoms with Gasteiger partial charge in [0.25, 0.3) is 0 Å². The molecule has 5 rings (SSSR count). The number of halogens is 2. The van der Waals surface area contributed by atoms with E-state index in [1.807, 2.05) is 18.2 Å². The predicted molar refractivity (Wildman–Crippen MR) is 167 cm³/mol. The maximum atomic E-state index is 12.9. The summed E-state index contributed by atoms with van der Waals surface area (Å²) in [5, 5.41) is 20.2. The molecule has 2 saturated carbocycles. The van der Waals surface area contributed by atoms with Gasteiger partial charge in [-0.3, -0.25) is 4.79 Å². The Labute approximate surface area is 259 Å². The third kappa shape index (κ3) is 6.40. The molecule has 42 heavy (non-hydrogen) atoms. The number of anilines is 1. The van der Waals surface area contributed by atoms with Crippen molar-refractivity contribution in [2.45, 2.75) is 76.7 Å². The zero-order valence-electron chi connectivity index (χ0n) is 24.4. The van der Waals surface area contributed by atoms with Gasteiger partial charge in [-0.1, -0.05) is 25.1 Å². The van der Waals surface area contributed by atoms with Crippen LogP contribution in [0, 0.1) is 23.2 Å². The normalized spacial score (nSPS) is 26.9. The Bertz CT molecular complexity index is 1250. The highest BCUT2D eigenvalue weighted by molar-refractivity contribution is 6.18. The number of hydrogen-bond acceptors (Lipinski definition) is 5. The van der Waals surface area contributed by atoms with Gasteiger partial charge in [-0.05, 0) is 115 Å². The molecule has 0 amide bonds. The zero-order chi connectivity index (χ0) is 29.9. The molecule has 0 aromatic heterocycles. The van der Waals surface area contributed by atoms with E-state index in [-0.39, 0.29) is 17.8 Å². The molecule has 0 spiro atoms. The van der Waals surface area contributed by atoms with Gasteiger partial charge in [0.15, 0.2) is 0 Å². The summed E-state index contributed by atoms with van der Waals surface area (Å²) in [6.45, 7) is 3.70. The topological polar surface area (TPSA) is 87.1 Å². The van der Waals surface area contributed by atoms with E-state index in [1.165, 1.54) is 11.1 Å². The van der Waals surface area contributed by atoms with Crippen molar-refractivity contribution in [2.75, 3.05) is 29.7 Å². The number of ether oxygens (including phenoxy) is 1. The molecule has 0 radical (unpaired) electrons. The monoisotopic (exact) mass is 615 g/mol. The molecule has 6 nitrogen and oxygen atoms in total. The molecule has 2 fully saturated rings. The van der Waals surface area contributed by atoms with Crippen LogP contribution in [0.1, 0.15) is 74.5 Å². The molecule has 8 heteroatoms. The second-order valence-electron chi connectivity index (χ2n) is 12.7. The van der Waals surface area contributed by atoms with Crippen LogP contribution in [0.3, 0.4) is 0 Å². The summed E-state index contributed by atoms with van der Waals surface area (Å²) in [5.41, 5.74) is 4.63. The Morgan fingerprint density at radius 2 is 1.79 bits per heavy atom. The van der Waals surface area contributed by atoms with Crippen molar-refractivity contribution in [2.24, 2.45) is 23.2 Å². The zero-order valence-corrected chi connectivity index (χ0v) is 26.0. The number of carboxylic acid groups (broad SMARTS) is 1. The van der Waals surface area contributed by atoms with Gasteiger partial charge in [-0.15, -0.1) is 23.2 Å². The summed E-state index contributed by atoms with van der Waals surface area (Å²) in [6.07, 6.45) is 6.07. The quantitative estimate of drug-likeness (QED) is 0.194. The van der Waals surface area contributed by atoms with Crippen molar-refractivity contribution in [3.63, 3.8) is 0 Å². The Morgan fingerprint density at radius 1 is 1.05 bits per heavy atom. The Morgan fingerprint density at radius 3 is 2.48 bits per heavy atom. The van der Waals surface area contributed by atoms with E-state index in [0.717, 1.165) is 62.9 Å². The third-order valence-electron chi connectivity index (χ3n) is 10.5. The number of fused-ring (bicyclic) bond motifs is 5. The number of phenols is 1. The van der Waals surface area contributed by atoms with Gasteiger partial charge in [-0.2, -0.15) is 0 Å². The fraction of sp³-hybridized carbons (Fsp3) is 0.588. The lowest BCUT2D eigenvalue weighted by Crippen LogP contribution is -2.47. The smallest absolute Gasteiger partial charge is 0.345 e. The van der Waals surface area contributed by atoms with Gasteiger partial charge in [0.05, 0.1) is 0 Å². The number of rotatable bonds is 12. The van der Waals surface area contributed by atoms with Crippen molar-refractivity contribution in [1.29, 1.82) is 0 Å². The fourth-order valence-corrected chi connectivity index (χ4v) is 8.90. The van der Waals surface area contributed by atoms with Crippen molar-refractivity contribution in [3.05, 3.63) is 59.2 Å². The number of esters is 1. The lowest BCUT2D eigenvalue weighted by atomic mass is 9.53. The number of nitrogens with zero attached hydrogens (tertiary/aromatic N) is 1. The van der Waals surface area contributed by atoms with Crippen LogP contribution in [0.5, 0.6) is 5.75 Å². The molecule has 0 heterocycles. The summed E-state index contributed by atoms with van der Waals surface area (Å²) in [5.74, 6) is 1.11. The van der Waals surface area contributed by atoms with Crippen LogP contribution in [-0.2, 0) is 27.2 Å². The van der Waals surface area contributed by atoms with Crippen LogP contribution in [0.15, 0.2) is 42.5 Å². The number of aromatic hydroxyl groups is 1. The fourth-order valence-electron chi connectivity index (χ4n) is 8.50. The number of aliphatic carboxylic acids is 1. The number of aryl methyl sites for hydroxylation is 2. The highest BCUT2D eigenvalue weighted by Gasteiger charge is 2.58. The predicted octanol–water partition coefficient (Wildman–Crippen LogP) is 7.17. The van der Waals surface area contributed by atoms with Crippen LogP contribution < -0.4 is 4.90 Å². The van der Waals surface area contributed by atoms with E-state index in [1.54, 1.807) is 6.07 Å². The largest absolute Gasteiger partial charge is 0.508 e. The number of carbonyl (C=O) groups excluding carboxylic acids is 1. The highest BCUT2D eigenvalue weighted by atomic mass is 35.5. The molecule has 3 aliphatic carbocycles. The molecule has 228 valence electrons. The molecule has 0 bridgehead atoms. The highest BCUT2D eigenvalue weighted by Crippen LogP contribution is 2.64. The molecule has 2 aromatic rings. The second-order valence-corrected chi connectivity index (χ2v) is 13.4. The number of carboxylic acids is 1. The maximum absolute atomic E-state index is 12.9. The van der Waals surface area contributed by atoms with Gasteiger partial charge in [-0.25, -0.2) is 4.79 Å². The number of benzene rings is 2. The molecule has 0 aliphatic heterocycles. The third-order valence-corrected chi connectivity index (χ3v) is 10.8. The minimum absolute atomic E-state index is 0.165. The lowest BCUT2D eigenvalue weighted by Gasteiger charge is -2.51. The van der Waals surface area contributed by atoms with Crippen molar-refractivity contribution in [3.8, 4) is 5.75 Å². The molecule has 1 unspecified atom stereocenters. The van der Waals surface area contributed by atoms with Gasteiger partial charge in [0.2, 0.25) is 6.10 Å². The first-order chi connectivity index (χ1) is 20.2. The minimum atomic E-state index is -1.11. The summed E-state index contributed by atoms with van der Waals surface area (Å²) < 4.78 is 5.76. The number of alkyl halides is 2. The summed E-state index contributed by atoms with van der Waals surface area (Å²) in [4.78, 5) is 27.5. The summed E-state index contributed by atoms with van der Waals surface area (Å²) in [7, 11) is 0. The standard InChI is InChI=1S/C34H43Cl2NO5/c1-34-16-15-27-26-12-10-25(38)21-23(26)7-11-28(27)29(34)13-14-30(34)32(33(40)41)42-31(39)4-2-3-22-5-8-24(9-6-22)37(19-17-35)20-18-36/h5-6,8-10,12,21,27-30,32,38H,2-4,7,11,13-20H2,1H3,(H,40,41)/t27-,28-,29+,30-,32?,34+/m1/s1. The second kappa shape index (κ2) is 13.5. The Balaban J connectivity index is 1.17. The molecule has 0 saturated heterocycles. The summed E-state index contributed by atoms with van der Waals surface area (Å²) >= 11 is 11.9. The average Bonchev–Trinajstić information content (AvgIpc) is 3.32. The first-order valence-electron chi connectivity index (χ1n) is 15.4. The van der Waals surface area contributed by atoms with Gasteiger partial charge in [0, 0.05) is 42.9 Å². The maximum Gasteiger partial charge on any atom is 0.345 e. The van der Waals surface area contributed by atoms with Gasteiger partial charge in [0.1, 0.15) is 5.75 Å². The van der Waals surface area contributed by atoms with Crippen LogP contribution in [0.25, 0.3) is 0 Å². The molecule has 3 aliphatic rings. The summed E-state index contributed by atoms with van der Waals surface area (Å²) in [6, 6.07) is 14.0. The van der Waals surface area contributed by atoms with Crippen molar-refractivity contribution < 1.29 is 24.5 Å². The number of hydrogen-bond donors (Lipinski definition) is 2. The van der Waals surface area contributed by atoms with Gasteiger partial charge < -0.3 is 19.8 Å². The number of phenolic OH excluding ortho intramolecular Hbond substituents is 1. The van der Waals surface area contributed by atoms with Crippen LogP contribution in [0.2, 0.25) is 0 Å². The number of carbonyl (C=O) groups is 2. The first kappa shape index (κ1) is 31.0. The molecule has 2 aromatic carbocycles. The molecule has 2 N–H and O–H groups in total. The van der Waals surface area contributed by atoms with E-state index in [0.29, 0.717) is 48.1 Å². The Hall–Kier alpha value is -2.44. The van der Waals surface area contributed by atoms with Crippen LogP contribution in [-0.4, -0.2) is 53.1 Å². The van der Waals surface area contributed by atoms with E-state index >= 15 is 0 Å². The van der Waals surface area contributed by atoms with Crippen molar-refractivity contribution >= 4 is 40.8 Å². The van der Waals surface area contributed by atoms with E-state index in [9.17, 15) is 19.8 Å². The minimum Gasteiger partial charge on any atom is -0.508 e. The average molecular weight is 617 g/mol. The van der Waals surface area contributed by atoms with E-state index < -0.39 is 18.0 Å². The van der Waals surface area contributed by atoms with E-state index in [4.69, 9.17) is 27.9 Å². The SMILES string of the molecule is C[C@]12CC[C@@H]3c4ccc(O)cc4CC[C@H]3[C@@H]1CC[C@@H]2C(OC(=O)CCCc1ccc(N(CCCl)CCCl)cc1)C(=O)O. The lowest BCUT2D eigenvalue weighted by molar-refractivity contribution is -0.172. The van der Waals surface area contributed by atoms with Crippen molar-refractivity contribution in [1.82, 2.24) is 0 Å². The first-order valence-corrected chi connectivity index (χ1v) is 16.5. The molecular formula is C34H43Cl2NO5. The van der Waals surface area contributed by atoms with Crippen LogP contribution in [0.4, 0.5) is 5.69 Å².